The van der Waals surface area contributed by atoms with Crippen LogP contribution in [-0.2, 0) is 9.59 Å². The van der Waals surface area contributed by atoms with Gasteiger partial charge in [-0.1, -0.05) is 30.3 Å². The highest BCUT2D eigenvalue weighted by atomic mass is 16.2. The average molecular weight is 364 g/mol. The lowest BCUT2D eigenvalue weighted by molar-refractivity contribution is -0.131. The first-order chi connectivity index (χ1) is 13.0. The fraction of sp³-hybridized carbons (Fsp3) is 0.105. The number of imide groups is 2. The van der Waals surface area contributed by atoms with Gasteiger partial charge in [-0.25, -0.2) is 15.1 Å². The first-order valence-corrected chi connectivity index (χ1v) is 8.11. The SMILES string of the molecule is Cc1cccc(N2C(=O)NC(=O)[C@@H](/C=N\NC(=O)c3ccccc3)C2=O)c1. The van der Waals surface area contributed by atoms with Gasteiger partial charge < -0.3 is 0 Å². The molecular weight excluding hydrogens is 348 g/mol. The Morgan fingerprint density at radius 1 is 1.11 bits per heavy atom. The number of hydrazone groups is 1. The molecule has 1 saturated heterocycles. The monoisotopic (exact) mass is 364 g/mol. The molecule has 1 heterocycles. The molecule has 0 spiro atoms. The number of aryl methyl sites for hydroxylation is 1. The van der Waals surface area contributed by atoms with Crippen LogP contribution >= 0.6 is 0 Å². The molecule has 0 aliphatic carbocycles. The number of benzene rings is 2. The Labute approximate surface area is 154 Å². The summed E-state index contributed by atoms with van der Waals surface area (Å²) in [4.78, 5) is 49.6. The molecule has 27 heavy (non-hydrogen) atoms. The molecule has 3 rings (SSSR count). The van der Waals surface area contributed by atoms with Crippen LogP contribution in [0.4, 0.5) is 10.5 Å². The van der Waals surface area contributed by atoms with E-state index in [4.69, 9.17) is 0 Å². The summed E-state index contributed by atoms with van der Waals surface area (Å²) in [5.74, 6) is -3.36. The lowest BCUT2D eigenvalue weighted by Crippen LogP contribution is -2.58. The number of rotatable bonds is 4. The molecule has 0 unspecified atom stereocenters. The van der Waals surface area contributed by atoms with Crippen molar-refractivity contribution in [2.45, 2.75) is 6.92 Å². The molecule has 1 fully saturated rings. The normalized spacial score (nSPS) is 17.1. The minimum Gasteiger partial charge on any atom is -0.276 e. The van der Waals surface area contributed by atoms with Gasteiger partial charge in [-0.3, -0.25) is 19.7 Å². The number of hydrogen-bond acceptors (Lipinski definition) is 5. The molecule has 2 aromatic rings. The van der Waals surface area contributed by atoms with Crippen molar-refractivity contribution in [2.75, 3.05) is 4.90 Å². The molecule has 2 N–H and O–H groups in total. The average Bonchev–Trinajstić information content (AvgIpc) is 2.65. The lowest BCUT2D eigenvalue weighted by atomic mass is 10.1. The standard InChI is InChI=1S/C19H16N4O4/c1-12-6-5-9-14(10-12)23-18(26)15(17(25)21-19(23)27)11-20-22-16(24)13-7-3-2-4-8-13/h2-11,15H,1H3,(H,22,24)(H,21,25,27)/b20-11-/t15-/m1/s1. The second kappa shape index (κ2) is 7.61. The van der Waals surface area contributed by atoms with Crippen molar-refractivity contribution >= 4 is 35.7 Å². The maximum absolute atomic E-state index is 12.6. The van der Waals surface area contributed by atoms with E-state index in [1.165, 1.54) is 0 Å². The Morgan fingerprint density at radius 2 is 1.85 bits per heavy atom. The molecule has 5 amide bonds. The summed E-state index contributed by atoms with van der Waals surface area (Å²) in [6, 6.07) is 14.3. The fourth-order valence-corrected chi connectivity index (χ4v) is 2.56. The van der Waals surface area contributed by atoms with Crippen LogP contribution in [0.5, 0.6) is 0 Å². The van der Waals surface area contributed by atoms with Crippen LogP contribution in [0, 0.1) is 12.8 Å². The Kier molecular flexibility index (Phi) is 5.07. The number of carbonyl (C=O) groups is 4. The zero-order valence-electron chi connectivity index (χ0n) is 14.4. The van der Waals surface area contributed by atoms with Crippen LogP contribution in [-0.4, -0.2) is 30.0 Å². The molecule has 1 aliphatic rings. The van der Waals surface area contributed by atoms with Gasteiger partial charge in [0.1, 0.15) is 0 Å². The van der Waals surface area contributed by atoms with Crippen LogP contribution in [0.15, 0.2) is 59.7 Å². The third-order valence-corrected chi connectivity index (χ3v) is 3.89. The van der Waals surface area contributed by atoms with Crippen LogP contribution in [0.25, 0.3) is 0 Å². The fourth-order valence-electron chi connectivity index (χ4n) is 2.56. The maximum atomic E-state index is 12.6. The van der Waals surface area contributed by atoms with E-state index in [-0.39, 0.29) is 0 Å². The number of amides is 5. The van der Waals surface area contributed by atoms with Gasteiger partial charge in [0.05, 0.1) is 5.69 Å². The van der Waals surface area contributed by atoms with Gasteiger partial charge >= 0.3 is 6.03 Å². The number of barbiturate groups is 1. The van der Waals surface area contributed by atoms with E-state index < -0.39 is 29.7 Å². The van der Waals surface area contributed by atoms with E-state index in [1.54, 1.807) is 48.5 Å². The quantitative estimate of drug-likeness (QED) is 0.488. The minimum atomic E-state index is -1.33. The van der Waals surface area contributed by atoms with Crippen LogP contribution in [0.3, 0.4) is 0 Å². The predicted octanol–water partition coefficient (Wildman–Crippen LogP) is 1.61. The molecule has 0 radical (unpaired) electrons. The highest BCUT2D eigenvalue weighted by Gasteiger charge is 2.40. The summed E-state index contributed by atoms with van der Waals surface area (Å²) >= 11 is 0. The van der Waals surface area contributed by atoms with Crippen LogP contribution < -0.4 is 15.6 Å². The van der Waals surface area contributed by atoms with Crippen LogP contribution in [0.2, 0.25) is 0 Å². The molecule has 1 aliphatic heterocycles. The second-order valence-electron chi connectivity index (χ2n) is 5.87. The molecule has 1 atom stereocenters. The minimum absolute atomic E-state index is 0.344. The van der Waals surface area contributed by atoms with E-state index in [0.717, 1.165) is 16.7 Å². The topological polar surface area (TPSA) is 108 Å². The summed E-state index contributed by atoms with van der Waals surface area (Å²) in [7, 11) is 0. The van der Waals surface area contributed by atoms with Crippen molar-refractivity contribution in [3.63, 3.8) is 0 Å². The largest absolute Gasteiger partial charge is 0.335 e. The van der Waals surface area contributed by atoms with E-state index in [9.17, 15) is 19.2 Å². The van der Waals surface area contributed by atoms with Crippen molar-refractivity contribution in [1.82, 2.24) is 10.7 Å². The Morgan fingerprint density at radius 3 is 2.56 bits per heavy atom. The molecule has 2 aromatic carbocycles. The first kappa shape index (κ1) is 18.0. The van der Waals surface area contributed by atoms with Gasteiger partial charge in [-0.05, 0) is 36.8 Å². The smallest absolute Gasteiger partial charge is 0.276 e. The Hall–Kier alpha value is -3.81. The van der Waals surface area contributed by atoms with Crippen molar-refractivity contribution in [3.05, 3.63) is 65.7 Å². The molecule has 0 aromatic heterocycles. The third-order valence-electron chi connectivity index (χ3n) is 3.89. The highest BCUT2D eigenvalue weighted by Crippen LogP contribution is 2.21. The van der Waals surface area contributed by atoms with Crippen molar-refractivity contribution in [1.29, 1.82) is 0 Å². The van der Waals surface area contributed by atoms with Gasteiger partial charge in [0, 0.05) is 11.8 Å². The van der Waals surface area contributed by atoms with Crippen molar-refractivity contribution < 1.29 is 19.2 Å². The third kappa shape index (κ3) is 3.90. The lowest BCUT2D eigenvalue weighted by Gasteiger charge is -2.28. The summed E-state index contributed by atoms with van der Waals surface area (Å²) in [6.07, 6.45) is 1.01. The van der Waals surface area contributed by atoms with Crippen molar-refractivity contribution in [2.24, 2.45) is 11.0 Å². The van der Waals surface area contributed by atoms with Gasteiger partial charge in [0.15, 0.2) is 5.92 Å². The molecule has 8 heteroatoms. The molecule has 0 bridgehead atoms. The Bertz CT molecular complexity index is 940. The van der Waals surface area contributed by atoms with Gasteiger partial charge in [0.25, 0.3) is 11.8 Å². The Balaban J connectivity index is 1.76. The van der Waals surface area contributed by atoms with E-state index >= 15 is 0 Å². The number of urea groups is 1. The molecular formula is C19H16N4O4. The van der Waals surface area contributed by atoms with E-state index in [1.807, 2.05) is 13.0 Å². The summed E-state index contributed by atoms with van der Waals surface area (Å²) in [5.41, 5.74) is 3.83. The maximum Gasteiger partial charge on any atom is 0.335 e. The number of anilines is 1. The number of nitrogens with one attached hydrogen (secondary N) is 2. The van der Waals surface area contributed by atoms with Crippen molar-refractivity contribution in [3.8, 4) is 0 Å². The zero-order valence-corrected chi connectivity index (χ0v) is 14.4. The predicted molar refractivity (Wildman–Crippen MR) is 98.1 cm³/mol. The zero-order chi connectivity index (χ0) is 19.4. The summed E-state index contributed by atoms with van der Waals surface area (Å²) in [5, 5.41) is 5.82. The molecule has 8 nitrogen and oxygen atoms in total. The number of nitrogens with zero attached hydrogens (tertiary/aromatic N) is 2. The summed E-state index contributed by atoms with van der Waals surface area (Å²) in [6.45, 7) is 1.82. The first-order valence-electron chi connectivity index (χ1n) is 8.11. The van der Waals surface area contributed by atoms with E-state index in [0.29, 0.717) is 11.3 Å². The van der Waals surface area contributed by atoms with Gasteiger partial charge in [-0.2, -0.15) is 5.10 Å². The highest BCUT2D eigenvalue weighted by molar-refractivity contribution is 6.32. The van der Waals surface area contributed by atoms with Crippen LogP contribution in [0.1, 0.15) is 15.9 Å². The van der Waals surface area contributed by atoms with Gasteiger partial charge in [-0.15, -0.1) is 0 Å². The molecule has 136 valence electrons. The van der Waals surface area contributed by atoms with Gasteiger partial charge in [0.2, 0.25) is 5.91 Å². The summed E-state index contributed by atoms with van der Waals surface area (Å²) < 4.78 is 0. The number of hydrogen-bond donors (Lipinski definition) is 2. The number of carbonyl (C=O) groups excluding carboxylic acids is 4. The van der Waals surface area contributed by atoms with E-state index in [2.05, 4.69) is 15.8 Å². The molecule has 0 saturated carbocycles. The second-order valence-corrected chi connectivity index (χ2v) is 5.87.